The first-order chi connectivity index (χ1) is 7.91. The minimum absolute atomic E-state index is 0.0577. The highest BCUT2D eigenvalue weighted by Gasteiger charge is 2.16. The fraction of sp³-hybridized carbons (Fsp3) is 0.250. The maximum atomic E-state index is 10.1. The molecule has 3 N–H and O–H groups in total. The molecule has 1 aromatic heterocycles. The molecule has 0 saturated carbocycles. The number of anilines is 1. The Morgan fingerprint density at radius 1 is 1.29 bits per heavy atom. The topological polar surface area (TPSA) is 64.1 Å². The van der Waals surface area contributed by atoms with E-state index in [1.165, 1.54) is 0 Å². The van der Waals surface area contributed by atoms with Crippen molar-refractivity contribution in [3.8, 4) is 17.0 Å². The minimum Gasteiger partial charge on any atom is -0.506 e. The third-order valence-corrected chi connectivity index (χ3v) is 3.27. The molecular weight excluding hydrogens is 238 g/mol. The summed E-state index contributed by atoms with van der Waals surface area (Å²) in [4.78, 5) is 0. The fourth-order valence-electron chi connectivity index (χ4n) is 1.87. The molecule has 0 bridgehead atoms. The molecule has 0 atom stereocenters. The number of nitrogens with two attached hydrogens (primary N) is 1. The molecular formula is C12H14ClN3O. The molecule has 0 saturated heterocycles. The van der Waals surface area contributed by atoms with Crippen LogP contribution in [0.2, 0.25) is 5.02 Å². The Labute approximate surface area is 105 Å². The smallest absolute Gasteiger partial charge is 0.144 e. The van der Waals surface area contributed by atoms with Gasteiger partial charge in [0.2, 0.25) is 0 Å². The van der Waals surface area contributed by atoms with Crippen LogP contribution in [0.3, 0.4) is 0 Å². The van der Waals surface area contributed by atoms with Crippen molar-refractivity contribution in [2.75, 3.05) is 5.73 Å². The van der Waals surface area contributed by atoms with E-state index in [4.69, 9.17) is 17.3 Å². The number of hydrogen-bond acceptors (Lipinski definition) is 3. The largest absolute Gasteiger partial charge is 0.506 e. The van der Waals surface area contributed by atoms with E-state index >= 15 is 0 Å². The van der Waals surface area contributed by atoms with Crippen molar-refractivity contribution in [2.24, 2.45) is 7.05 Å². The molecule has 2 aromatic rings. The average molecular weight is 252 g/mol. The van der Waals surface area contributed by atoms with Crippen molar-refractivity contribution in [2.45, 2.75) is 13.8 Å². The summed E-state index contributed by atoms with van der Waals surface area (Å²) in [6.45, 7) is 3.76. The molecule has 1 aromatic carbocycles. The van der Waals surface area contributed by atoms with Gasteiger partial charge in [0.1, 0.15) is 11.6 Å². The number of phenolic OH excluding ortho intramolecular Hbond substituents is 1. The van der Waals surface area contributed by atoms with Crippen LogP contribution in [0, 0.1) is 13.8 Å². The van der Waals surface area contributed by atoms with E-state index in [1.807, 2.05) is 19.9 Å². The number of aromatic nitrogens is 2. The molecule has 0 aliphatic heterocycles. The van der Waals surface area contributed by atoms with Gasteiger partial charge in [-0.1, -0.05) is 17.7 Å². The lowest BCUT2D eigenvalue weighted by atomic mass is 10.0. The zero-order chi connectivity index (χ0) is 12.7. The Kier molecular flexibility index (Phi) is 2.75. The number of nitrogen functional groups attached to an aromatic ring is 1. The van der Waals surface area contributed by atoms with E-state index in [-0.39, 0.29) is 5.75 Å². The average Bonchev–Trinajstić information content (AvgIpc) is 2.56. The van der Waals surface area contributed by atoms with Gasteiger partial charge in [-0.05, 0) is 25.0 Å². The number of aryl methyl sites for hydroxylation is 3. The first-order valence-corrected chi connectivity index (χ1v) is 5.58. The van der Waals surface area contributed by atoms with Gasteiger partial charge in [-0.3, -0.25) is 4.68 Å². The Morgan fingerprint density at radius 3 is 2.47 bits per heavy atom. The molecule has 0 spiro atoms. The predicted molar refractivity (Wildman–Crippen MR) is 69.2 cm³/mol. The number of rotatable bonds is 1. The highest BCUT2D eigenvalue weighted by atomic mass is 35.5. The first-order valence-electron chi connectivity index (χ1n) is 5.20. The van der Waals surface area contributed by atoms with Gasteiger partial charge >= 0.3 is 0 Å². The fourth-order valence-corrected chi connectivity index (χ4v) is 2.02. The second-order valence-electron chi connectivity index (χ2n) is 4.13. The molecule has 5 heteroatoms. The number of halogens is 1. The molecule has 2 rings (SSSR count). The molecule has 0 amide bonds. The second kappa shape index (κ2) is 3.96. The van der Waals surface area contributed by atoms with Gasteiger partial charge in [-0.15, -0.1) is 0 Å². The van der Waals surface area contributed by atoms with E-state index < -0.39 is 0 Å². The van der Waals surface area contributed by atoms with E-state index in [9.17, 15) is 5.11 Å². The van der Waals surface area contributed by atoms with Gasteiger partial charge in [-0.25, -0.2) is 0 Å². The normalized spacial score (nSPS) is 10.8. The highest BCUT2D eigenvalue weighted by Crippen LogP contribution is 2.39. The highest BCUT2D eigenvalue weighted by molar-refractivity contribution is 6.33. The molecule has 0 unspecified atom stereocenters. The quantitative estimate of drug-likeness (QED) is 0.819. The Bertz CT molecular complexity index is 570. The maximum absolute atomic E-state index is 10.1. The molecule has 17 heavy (non-hydrogen) atoms. The van der Waals surface area contributed by atoms with Crippen LogP contribution in [-0.4, -0.2) is 14.9 Å². The van der Waals surface area contributed by atoms with Crippen LogP contribution in [0.4, 0.5) is 5.82 Å². The number of phenols is 1. The van der Waals surface area contributed by atoms with Gasteiger partial charge in [-0.2, -0.15) is 5.10 Å². The van der Waals surface area contributed by atoms with Crippen LogP contribution in [0.15, 0.2) is 12.1 Å². The van der Waals surface area contributed by atoms with E-state index in [0.717, 1.165) is 11.1 Å². The van der Waals surface area contributed by atoms with Crippen LogP contribution in [0.1, 0.15) is 11.1 Å². The lowest BCUT2D eigenvalue weighted by Gasteiger charge is -2.10. The van der Waals surface area contributed by atoms with Crippen LogP contribution in [-0.2, 0) is 7.05 Å². The number of nitrogens with zero attached hydrogens (tertiary/aromatic N) is 2. The van der Waals surface area contributed by atoms with Crippen molar-refractivity contribution < 1.29 is 5.11 Å². The van der Waals surface area contributed by atoms with Crippen molar-refractivity contribution in [3.05, 3.63) is 28.3 Å². The molecule has 90 valence electrons. The summed E-state index contributed by atoms with van der Waals surface area (Å²) in [5.74, 6) is 0.595. The number of hydrogen-bond donors (Lipinski definition) is 2. The summed E-state index contributed by atoms with van der Waals surface area (Å²) < 4.78 is 1.56. The summed E-state index contributed by atoms with van der Waals surface area (Å²) in [6, 6.07) is 3.63. The summed E-state index contributed by atoms with van der Waals surface area (Å²) >= 11 is 6.04. The third-order valence-electron chi connectivity index (χ3n) is 2.79. The van der Waals surface area contributed by atoms with Crippen LogP contribution >= 0.6 is 11.6 Å². The van der Waals surface area contributed by atoms with Crippen molar-refractivity contribution in [1.82, 2.24) is 9.78 Å². The van der Waals surface area contributed by atoms with Gasteiger partial charge in [0.05, 0.1) is 10.7 Å². The zero-order valence-electron chi connectivity index (χ0n) is 9.95. The van der Waals surface area contributed by atoms with E-state index in [0.29, 0.717) is 22.1 Å². The monoisotopic (exact) mass is 251 g/mol. The summed E-state index contributed by atoms with van der Waals surface area (Å²) in [5.41, 5.74) is 8.75. The molecule has 0 aliphatic rings. The summed E-state index contributed by atoms with van der Waals surface area (Å²) in [6.07, 6.45) is 0. The standard InChI is InChI=1S/C12H14ClN3O/c1-6-4-7(2)11(13)12(17)10(6)8-5-9(14)16(3)15-8/h4-5,17H,14H2,1-3H3. The molecule has 0 radical (unpaired) electrons. The minimum atomic E-state index is 0.0577. The predicted octanol–water partition coefficient (Wildman–Crippen LogP) is 2.65. The Balaban J connectivity index is 2.71. The van der Waals surface area contributed by atoms with Crippen LogP contribution < -0.4 is 5.73 Å². The molecule has 0 fully saturated rings. The van der Waals surface area contributed by atoms with Crippen molar-refractivity contribution >= 4 is 17.4 Å². The third kappa shape index (κ3) is 1.85. The number of benzene rings is 1. The SMILES string of the molecule is Cc1cc(C)c(-c2cc(N)n(C)n2)c(O)c1Cl. The Hall–Kier alpha value is -1.68. The van der Waals surface area contributed by atoms with Crippen LogP contribution in [0.25, 0.3) is 11.3 Å². The molecule has 4 nitrogen and oxygen atoms in total. The second-order valence-corrected chi connectivity index (χ2v) is 4.50. The van der Waals surface area contributed by atoms with Crippen LogP contribution in [0.5, 0.6) is 5.75 Å². The van der Waals surface area contributed by atoms with E-state index in [1.54, 1.807) is 17.8 Å². The molecule has 0 aliphatic carbocycles. The van der Waals surface area contributed by atoms with Gasteiger partial charge in [0, 0.05) is 18.7 Å². The first kappa shape index (κ1) is 11.8. The van der Waals surface area contributed by atoms with Crippen molar-refractivity contribution in [1.29, 1.82) is 0 Å². The van der Waals surface area contributed by atoms with Gasteiger partial charge in [0.15, 0.2) is 0 Å². The number of aromatic hydroxyl groups is 1. The van der Waals surface area contributed by atoms with E-state index in [2.05, 4.69) is 5.10 Å². The lowest BCUT2D eigenvalue weighted by molar-refractivity contribution is 0.476. The lowest BCUT2D eigenvalue weighted by Crippen LogP contribution is -1.96. The van der Waals surface area contributed by atoms with Gasteiger partial charge < -0.3 is 10.8 Å². The molecule has 1 heterocycles. The summed E-state index contributed by atoms with van der Waals surface area (Å²) in [5, 5.41) is 14.7. The van der Waals surface area contributed by atoms with Gasteiger partial charge in [0.25, 0.3) is 0 Å². The van der Waals surface area contributed by atoms with Crippen molar-refractivity contribution in [3.63, 3.8) is 0 Å². The summed E-state index contributed by atoms with van der Waals surface area (Å²) in [7, 11) is 1.75. The maximum Gasteiger partial charge on any atom is 0.144 e. The zero-order valence-corrected chi connectivity index (χ0v) is 10.7. The Morgan fingerprint density at radius 2 is 1.94 bits per heavy atom.